The van der Waals surface area contributed by atoms with Gasteiger partial charge in [-0.3, -0.25) is 14.3 Å². The van der Waals surface area contributed by atoms with Gasteiger partial charge in [0.1, 0.15) is 0 Å². The van der Waals surface area contributed by atoms with Crippen LogP contribution < -0.4 is 5.32 Å². The lowest BCUT2D eigenvalue weighted by molar-refractivity contribution is -0.119. The highest BCUT2D eigenvalue weighted by atomic mass is 32.2. The quantitative estimate of drug-likeness (QED) is 0.615. The number of amides is 1. The molecule has 3 rings (SSSR count). The molecule has 1 aromatic carbocycles. The third kappa shape index (κ3) is 4.59. The zero-order valence-electron chi connectivity index (χ0n) is 16.6. The first-order valence-electron chi connectivity index (χ1n) is 9.31. The third-order valence-corrected chi connectivity index (χ3v) is 5.58. The first-order valence-corrected chi connectivity index (χ1v) is 10.3. The highest BCUT2D eigenvalue weighted by molar-refractivity contribution is 7.99. The van der Waals surface area contributed by atoms with Gasteiger partial charge in [0.2, 0.25) is 5.91 Å². The fourth-order valence-corrected chi connectivity index (χ4v) is 3.43. The number of carbonyl (C=O) groups excluding carboxylic acids is 1. The van der Waals surface area contributed by atoms with E-state index in [4.69, 9.17) is 0 Å². The zero-order valence-corrected chi connectivity index (χ0v) is 17.4. The molecule has 0 saturated carbocycles. The second-order valence-corrected chi connectivity index (χ2v) is 8.00. The predicted molar refractivity (Wildman–Crippen MR) is 112 cm³/mol. The monoisotopic (exact) mass is 395 g/mol. The van der Waals surface area contributed by atoms with Gasteiger partial charge in [0.15, 0.2) is 11.0 Å². The Hall–Kier alpha value is -2.67. The summed E-state index contributed by atoms with van der Waals surface area (Å²) in [6.07, 6.45) is 3.47. The Morgan fingerprint density at radius 3 is 2.50 bits per heavy atom. The van der Waals surface area contributed by atoms with Gasteiger partial charge in [-0.25, -0.2) is 0 Å². The summed E-state index contributed by atoms with van der Waals surface area (Å²) >= 11 is 1.39. The normalized spacial score (nSPS) is 12.2. The van der Waals surface area contributed by atoms with Gasteiger partial charge in [-0.1, -0.05) is 43.8 Å². The number of nitrogens with zero attached hydrogens (tertiary/aromatic N) is 4. The zero-order chi connectivity index (χ0) is 20.1. The maximum atomic E-state index is 12.3. The number of hydrogen-bond acceptors (Lipinski definition) is 5. The average molecular weight is 396 g/mol. The molecule has 0 aliphatic rings. The molecule has 0 fully saturated rings. The van der Waals surface area contributed by atoms with Crippen LogP contribution in [0.2, 0.25) is 0 Å². The van der Waals surface area contributed by atoms with Gasteiger partial charge in [0.25, 0.3) is 0 Å². The maximum absolute atomic E-state index is 12.3. The lowest BCUT2D eigenvalue weighted by Gasteiger charge is -2.17. The van der Waals surface area contributed by atoms with Crippen molar-refractivity contribution in [2.24, 2.45) is 5.92 Å². The van der Waals surface area contributed by atoms with Crippen LogP contribution in [0.3, 0.4) is 0 Å². The van der Waals surface area contributed by atoms with Crippen molar-refractivity contribution in [3.8, 4) is 17.1 Å². The Labute approximate surface area is 169 Å². The fraction of sp³-hybridized carbons (Fsp3) is 0.333. The number of aryl methyl sites for hydroxylation is 1. The van der Waals surface area contributed by atoms with Gasteiger partial charge in [0, 0.05) is 24.0 Å². The summed E-state index contributed by atoms with van der Waals surface area (Å²) in [6, 6.07) is 12.0. The minimum absolute atomic E-state index is 0.00371. The van der Waals surface area contributed by atoms with Gasteiger partial charge in [-0.05, 0) is 43.5 Å². The van der Waals surface area contributed by atoms with E-state index in [0.717, 1.165) is 22.6 Å². The molecule has 2 aromatic heterocycles. The van der Waals surface area contributed by atoms with Crippen LogP contribution in [0.15, 0.2) is 53.9 Å². The van der Waals surface area contributed by atoms with E-state index in [1.54, 1.807) is 12.4 Å². The van der Waals surface area contributed by atoms with E-state index in [0.29, 0.717) is 11.1 Å². The number of nitrogens with one attached hydrogen (secondary N) is 1. The number of thioether (sulfide) groups is 1. The number of benzene rings is 1. The summed E-state index contributed by atoms with van der Waals surface area (Å²) in [5, 5.41) is 12.5. The molecule has 0 bridgehead atoms. The summed E-state index contributed by atoms with van der Waals surface area (Å²) in [7, 11) is 0. The van der Waals surface area contributed by atoms with Crippen molar-refractivity contribution in [2.75, 3.05) is 5.75 Å². The maximum Gasteiger partial charge on any atom is 0.230 e. The largest absolute Gasteiger partial charge is 0.353 e. The lowest BCUT2D eigenvalue weighted by Crippen LogP contribution is -2.37. The molecule has 7 heteroatoms. The molecule has 6 nitrogen and oxygen atoms in total. The van der Waals surface area contributed by atoms with Crippen LogP contribution in [0.25, 0.3) is 17.1 Å². The Bertz CT molecular complexity index is 939. The molecule has 1 unspecified atom stereocenters. The van der Waals surface area contributed by atoms with E-state index in [9.17, 15) is 4.79 Å². The molecule has 28 heavy (non-hydrogen) atoms. The molecule has 2 heterocycles. The van der Waals surface area contributed by atoms with Crippen molar-refractivity contribution in [3.05, 3.63) is 54.4 Å². The van der Waals surface area contributed by atoms with E-state index in [2.05, 4.69) is 47.3 Å². The van der Waals surface area contributed by atoms with Gasteiger partial charge in [-0.2, -0.15) is 0 Å². The molecule has 0 spiro atoms. The number of hydrogen-bond donors (Lipinski definition) is 1. The molecule has 0 saturated heterocycles. The number of pyridine rings is 1. The topological polar surface area (TPSA) is 72.7 Å². The summed E-state index contributed by atoms with van der Waals surface area (Å²) < 4.78 is 2.01. The molecule has 1 atom stereocenters. The Morgan fingerprint density at radius 1 is 1.11 bits per heavy atom. The Morgan fingerprint density at radius 2 is 1.82 bits per heavy atom. The third-order valence-electron chi connectivity index (χ3n) is 4.65. The number of aromatic nitrogens is 4. The highest BCUT2D eigenvalue weighted by Gasteiger charge is 2.19. The molecule has 1 amide bonds. The first-order chi connectivity index (χ1) is 13.5. The van der Waals surface area contributed by atoms with Gasteiger partial charge in [0.05, 0.1) is 11.4 Å². The highest BCUT2D eigenvalue weighted by Crippen LogP contribution is 2.29. The van der Waals surface area contributed by atoms with Crippen molar-refractivity contribution in [3.63, 3.8) is 0 Å². The van der Waals surface area contributed by atoms with Crippen molar-refractivity contribution < 1.29 is 4.79 Å². The molecular formula is C21H25N5OS. The molecule has 146 valence electrons. The van der Waals surface area contributed by atoms with Crippen molar-refractivity contribution in [2.45, 2.75) is 38.9 Å². The first kappa shape index (κ1) is 20.1. The summed E-state index contributed by atoms with van der Waals surface area (Å²) in [5.41, 5.74) is 3.03. The Kier molecular flexibility index (Phi) is 6.46. The molecular weight excluding hydrogens is 370 g/mol. The lowest BCUT2D eigenvalue weighted by atomic mass is 10.1. The number of para-hydroxylation sites is 1. The van der Waals surface area contributed by atoms with Crippen molar-refractivity contribution >= 4 is 17.7 Å². The SMILES string of the molecule is Cc1ccccc1-n1c(SCC(=O)NC(C)C(C)C)nnc1-c1ccncc1. The van der Waals surface area contributed by atoms with E-state index in [-0.39, 0.29) is 17.7 Å². The van der Waals surface area contributed by atoms with E-state index in [1.807, 2.05) is 41.8 Å². The smallest absolute Gasteiger partial charge is 0.230 e. The Balaban J connectivity index is 1.91. The molecule has 0 aliphatic carbocycles. The minimum atomic E-state index is -0.00371. The van der Waals surface area contributed by atoms with Crippen LogP contribution in [0.4, 0.5) is 0 Å². The molecule has 0 aliphatic heterocycles. The number of carbonyl (C=O) groups is 1. The van der Waals surface area contributed by atoms with Crippen LogP contribution in [0.5, 0.6) is 0 Å². The van der Waals surface area contributed by atoms with Crippen LogP contribution >= 0.6 is 11.8 Å². The second kappa shape index (κ2) is 9.01. The van der Waals surface area contributed by atoms with E-state index in [1.165, 1.54) is 11.8 Å². The van der Waals surface area contributed by atoms with Crippen LogP contribution in [0.1, 0.15) is 26.3 Å². The van der Waals surface area contributed by atoms with Gasteiger partial charge < -0.3 is 5.32 Å². The number of rotatable bonds is 7. The van der Waals surface area contributed by atoms with Gasteiger partial charge >= 0.3 is 0 Å². The van der Waals surface area contributed by atoms with Crippen LogP contribution in [-0.2, 0) is 4.79 Å². The van der Waals surface area contributed by atoms with Crippen LogP contribution in [-0.4, -0.2) is 37.5 Å². The fourth-order valence-electron chi connectivity index (χ4n) is 2.68. The predicted octanol–water partition coefficient (Wildman–Crippen LogP) is 3.89. The summed E-state index contributed by atoms with van der Waals surface area (Å²) in [4.78, 5) is 16.4. The average Bonchev–Trinajstić information content (AvgIpc) is 3.11. The molecule has 1 N–H and O–H groups in total. The van der Waals surface area contributed by atoms with E-state index >= 15 is 0 Å². The second-order valence-electron chi connectivity index (χ2n) is 7.05. The van der Waals surface area contributed by atoms with Crippen LogP contribution in [0, 0.1) is 12.8 Å². The minimum Gasteiger partial charge on any atom is -0.353 e. The molecule has 0 radical (unpaired) electrons. The van der Waals surface area contributed by atoms with Crippen molar-refractivity contribution in [1.82, 2.24) is 25.1 Å². The van der Waals surface area contributed by atoms with Gasteiger partial charge in [-0.15, -0.1) is 10.2 Å². The summed E-state index contributed by atoms with van der Waals surface area (Å²) in [5.74, 6) is 1.41. The van der Waals surface area contributed by atoms with E-state index < -0.39 is 0 Å². The standard InChI is InChI=1S/C21H25N5OS/c1-14(2)16(4)23-19(27)13-28-21-25-24-20(17-9-11-22-12-10-17)26(21)18-8-6-5-7-15(18)3/h5-12,14,16H,13H2,1-4H3,(H,23,27). The van der Waals surface area contributed by atoms with Crippen molar-refractivity contribution in [1.29, 1.82) is 0 Å². The summed E-state index contributed by atoms with van der Waals surface area (Å²) in [6.45, 7) is 8.25. The molecule has 3 aromatic rings.